The summed E-state index contributed by atoms with van der Waals surface area (Å²) in [7, 11) is 3.13. The molecule has 220 valence electrons. The maximum Gasteiger partial charge on any atom is 0.319 e. The highest BCUT2D eigenvalue weighted by Gasteiger charge is 2.60. The molecule has 4 fully saturated rings. The van der Waals surface area contributed by atoms with Gasteiger partial charge in [-0.3, -0.25) is 34.6 Å². The van der Waals surface area contributed by atoms with Crippen molar-refractivity contribution >= 4 is 50.2 Å². The maximum absolute atomic E-state index is 13.9. The standard InChI is InChI=1S/C29H38N6O5S/c1-30-28(39)31-24-22(20-8-6-9-21(40-2)23(20)41-24)25(36)32-16-10-19(11-17-32)33-13-7-12-29(18-33)26(37)34-14-4-3-5-15-35(34)27(29)38/h6,8-9,19H,3-5,7,10-18H2,1-2H3,(H2,30,31,39). The summed E-state index contributed by atoms with van der Waals surface area (Å²) in [5.41, 5.74) is -0.482. The zero-order chi connectivity index (χ0) is 28.7. The highest BCUT2D eigenvalue weighted by atomic mass is 32.1. The third-order valence-corrected chi connectivity index (χ3v) is 10.3. The molecule has 0 saturated carbocycles. The highest BCUT2D eigenvalue weighted by molar-refractivity contribution is 7.23. The molecule has 4 aliphatic rings. The second-order valence-corrected chi connectivity index (χ2v) is 12.5. The molecule has 2 N–H and O–H groups in total. The number of thiophene rings is 1. The molecular formula is C29H38N6O5S. The van der Waals surface area contributed by atoms with Crippen LogP contribution in [0.5, 0.6) is 5.75 Å². The maximum atomic E-state index is 13.9. The van der Waals surface area contributed by atoms with E-state index in [2.05, 4.69) is 15.5 Å². The number of likely N-dealkylation sites (tertiary alicyclic amines) is 2. The molecule has 1 spiro atoms. The summed E-state index contributed by atoms with van der Waals surface area (Å²) in [6.07, 6.45) is 5.88. The molecule has 4 aliphatic heterocycles. The molecule has 1 aromatic carbocycles. The van der Waals surface area contributed by atoms with E-state index in [0.717, 1.165) is 55.2 Å². The molecule has 2 aromatic rings. The van der Waals surface area contributed by atoms with Gasteiger partial charge in [0.25, 0.3) is 17.7 Å². The number of piperidine rings is 2. The van der Waals surface area contributed by atoms with Gasteiger partial charge in [-0.05, 0) is 57.6 Å². The van der Waals surface area contributed by atoms with Crippen LogP contribution in [0.15, 0.2) is 18.2 Å². The summed E-state index contributed by atoms with van der Waals surface area (Å²) >= 11 is 1.33. The molecule has 41 heavy (non-hydrogen) atoms. The van der Waals surface area contributed by atoms with Crippen LogP contribution in [0.3, 0.4) is 0 Å². The lowest BCUT2D eigenvalue weighted by Gasteiger charge is -2.44. The van der Waals surface area contributed by atoms with E-state index in [1.807, 2.05) is 23.1 Å². The van der Waals surface area contributed by atoms with Gasteiger partial charge in [-0.2, -0.15) is 0 Å². The number of ether oxygens (including phenoxy) is 1. The molecule has 0 aliphatic carbocycles. The van der Waals surface area contributed by atoms with Crippen LogP contribution in [0, 0.1) is 5.41 Å². The number of amides is 5. The van der Waals surface area contributed by atoms with Gasteiger partial charge in [-0.25, -0.2) is 4.79 Å². The Morgan fingerprint density at radius 1 is 0.976 bits per heavy atom. The molecule has 0 bridgehead atoms. The van der Waals surface area contributed by atoms with Gasteiger partial charge in [0.05, 0.1) is 17.4 Å². The van der Waals surface area contributed by atoms with E-state index in [9.17, 15) is 19.2 Å². The van der Waals surface area contributed by atoms with Crippen molar-refractivity contribution in [2.24, 2.45) is 5.41 Å². The van der Waals surface area contributed by atoms with E-state index >= 15 is 0 Å². The first-order chi connectivity index (χ1) is 19.9. The fraction of sp³-hybridized carbons (Fsp3) is 0.586. The van der Waals surface area contributed by atoms with Gasteiger partial charge in [0.1, 0.15) is 16.2 Å². The summed E-state index contributed by atoms with van der Waals surface area (Å²) in [6, 6.07) is 5.40. The Kier molecular flexibility index (Phi) is 7.54. The SMILES string of the molecule is CNC(=O)Nc1sc2c(OC)cccc2c1C(=O)N1CCC(N2CCCC3(C2)C(=O)N2CCCCCN2C3=O)CC1. The number of methoxy groups -OCH3 is 1. The number of fused-ring (bicyclic) bond motifs is 2. The second kappa shape index (κ2) is 11.1. The van der Waals surface area contributed by atoms with Crippen LogP contribution in [0.1, 0.15) is 55.3 Å². The third kappa shape index (κ3) is 4.70. The average Bonchev–Trinajstić information content (AvgIpc) is 3.30. The molecule has 4 saturated heterocycles. The Labute approximate surface area is 243 Å². The Morgan fingerprint density at radius 2 is 1.68 bits per heavy atom. The first kappa shape index (κ1) is 27.8. The van der Waals surface area contributed by atoms with E-state index in [-0.39, 0.29) is 29.8 Å². The molecule has 12 heteroatoms. The Hall–Kier alpha value is -3.38. The predicted molar refractivity (Wildman–Crippen MR) is 156 cm³/mol. The zero-order valence-electron chi connectivity index (χ0n) is 23.7. The van der Waals surface area contributed by atoms with Crippen LogP contribution in [-0.4, -0.2) is 103 Å². The van der Waals surface area contributed by atoms with E-state index in [0.29, 0.717) is 55.5 Å². The minimum Gasteiger partial charge on any atom is -0.495 e. The molecule has 0 atom stereocenters. The monoisotopic (exact) mass is 582 g/mol. The predicted octanol–water partition coefficient (Wildman–Crippen LogP) is 3.12. The Morgan fingerprint density at radius 3 is 2.34 bits per heavy atom. The van der Waals surface area contributed by atoms with Crippen LogP contribution >= 0.6 is 11.3 Å². The van der Waals surface area contributed by atoms with Crippen molar-refractivity contribution < 1.29 is 23.9 Å². The largest absolute Gasteiger partial charge is 0.495 e. The van der Waals surface area contributed by atoms with Crippen molar-refractivity contribution in [2.45, 2.75) is 51.0 Å². The molecule has 1 aromatic heterocycles. The molecular weight excluding hydrogens is 544 g/mol. The summed E-state index contributed by atoms with van der Waals surface area (Å²) in [4.78, 5) is 57.5. The second-order valence-electron chi connectivity index (χ2n) is 11.4. The number of hydrogen-bond acceptors (Lipinski definition) is 7. The van der Waals surface area contributed by atoms with Crippen LogP contribution < -0.4 is 15.4 Å². The Balaban J connectivity index is 1.17. The fourth-order valence-corrected chi connectivity index (χ4v) is 8.19. The number of nitrogens with zero attached hydrogens (tertiary/aromatic N) is 4. The summed E-state index contributed by atoms with van der Waals surface area (Å²) in [6.45, 7) is 3.71. The number of hydrazine groups is 1. The molecule has 6 rings (SSSR count). The van der Waals surface area contributed by atoms with Gasteiger partial charge in [0, 0.05) is 51.2 Å². The minimum atomic E-state index is -0.961. The van der Waals surface area contributed by atoms with E-state index < -0.39 is 5.41 Å². The quantitative estimate of drug-likeness (QED) is 0.536. The van der Waals surface area contributed by atoms with Crippen molar-refractivity contribution in [3.05, 3.63) is 23.8 Å². The number of nitrogens with one attached hydrogen (secondary N) is 2. The smallest absolute Gasteiger partial charge is 0.319 e. The zero-order valence-corrected chi connectivity index (χ0v) is 24.6. The number of benzene rings is 1. The molecule has 11 nitrogen and oxygen atoms in total. The van der Waals surface area contributed by atoms with Crippen molar-refractivity contribution in [3.8, 4) is 5.75 Å². The van der Waals surface area contributed by atoms with Crippen molar-refractivity contribution in [1.29, 1.82) is 0 Å². The van der Waals surface area contributed by atoms with E-state index in [1.165, 1.54) is 18.4 Å². The molecule has 5 amide bonds. The summed E-state index contributed by atoms with van der Waals surface area (Å²) in [5.74, 6) is 0.505. The van der Waals surface area contributed by atoms with Crippen molar-refractivity contribution in [3.63, 3.8) is 0 Å². The van der Waals surface area contributed by atoms with Gasteiger partial charge in [0.2, 0.25) is 0 Å². The van der Waals surface area contributed by atoms with Gasteiger partial charge in [0.15, 0.2) is 0 Å². The lowest BCUT2D eigenvalue weighted by Crippen LogP contribution is -2.56. The van der Waals surface area contributed by atoms with E-state index in [1.54, 1.807) is 17.1 Å². The van der Waals surface area contributed by atoms with Gasteiger partial charge in [-0.15, -0.1) is 11.3 Å². The topological polar surface area (TPSA) is 115 Å². The highest BCUT2D eigenvalue weighted by Crippen LogP contribution is 2.43. The number of urea groups is 1. The summed E-state index contributed by atoms with van der Waals surface area (Å²) in [5, 5.41) is 10.1. The number of hydrogen-bond donors (Lipinski definition) is 2. The Bertz CT molecular complexity index is 1340. The third-order valence-electron chi connectivity index (χ3n) is 9.18. The van der Waals surface area contributed by atoms with Crippen LogP contribution in [0.4, 0.5) is 9.80 Å². The number of anilines is 1. The molecule has 0 radical (unpaired) electrons. The molecule has 5 heterocycles. The van der Waals surface area contributed by atoms with Crippen LogP contribution in [0.25, 0.3) is 10.1 Å². The van der Waals surface area contributed by atoms with Crippen molar-refractivity contribution in [1.82, 2.24) is 25.1 Å². The van der Waals surface area contributed by atoms with Crippen molar-refractivity contribution in [2.75, 3.05) is 58.7 Å². The normalized spacial score (nSPS) is 21.8. The first-order valence-corrected chi connectivity index (χ1v) is 15.4. The van der Waals surface area contributed by atoms with Gasteiger partial charge >= 0.3 is 6.03 Å². The van der Waals surface area contributed by atoms with Gasteiger partial charge in [-0.1, -0.05) is 12.1 Å². The fourth-order valence-electron chi connectivity index (χ4n) is 7.01. The molecule has 0 unspecified atom stereocenters. The minimum absolute atomic E-state index is 0.0161. The average molecular weight is 583 g/mol. The summed E-state index contributed by atoms with van der Waals surface area (Å²) < 4.78 is 6.34. The van der Waals surface area contributed by atoms with Crippen LogP contribution in [-0.2, 0) is 9.59 Å². The van der Waals surface area contributed by atoms with Crippen LogP contribution in [0.2, 0.25) is 0 Å². The lowest BCUT2D eigenvalue weighted by atomic mass is 9.78. The number of rotatable bonds is 4. The lowest BCUT2D eigenvalue weighted by molar-refractivity contribution is -0.145. The van der Waals surface area contributed by atoms with Gasteiger partial charge < -0.3 is 15.0 Å². The van der Waals surface area contributed by atoms with E-state index in [4.69, 9.17) is 4.74 Å². The first-order valence-electron chi connectivity index (χ1n) is 14.6. The number of carbonyl (C=O) groups excluding carboxylic acids is 4. The number of carbonyl (C=O) groups is 4.